The fourth-order valence-corrected chi connectivity index (χ4v) is 15.5. The molecular formula is C32H48. The largest absolute Gasteiger partial charge is 0.0625 e. The Hall–Kier alpha value is 0. The van der Waals surface area contributed by atoms with E-state index in [1.807, 2.05) is 0 Å². The first-order valence-electron chi connectivity index (χ1n) is 15.7. The molecule has 9 aliphatic carbocycles. The number of hydrogen-bond acceptors (Lipinski definition) is 0. The van der Waals surface area contributed by atoms with E-state index in [1.54, 1.807) is 96.3 Å². The second-order valence-electron chi connectivity index (χ2n) is 15.7. The highest BCUT2D eigenvalue weighted by molar-refractivity contribution is 5.25. The first-order valence-corrected chi connectivity index (χ1v) is 15.7. The molecular weight excluding hydrogens is 384 g/mol. The topological polar surface area (TPSA) is 0 Å². The maximum Gasteiger partial charge on any atom is -0.0193 e. The van der Waals surface area contributed by atoms with Crippen molar-refractivity contribution < 1.29 is 0 Å². The molecule has 0 radical (unpaired) electrons. The fraction of sp³-hybridized carbons (Fsp3) is 1.00. The molecule has 32 heavy (non-hydrogen) atoms. The highest BCUT2D eigenvalue weighted by Gasteiger charge is 2.77. The minimum Gasteiger partial charge on any atom is -0.0625 e. The van der Waals surface area contributed by atoms with E-state index in [4.69, 9.17) is 0 Å². The lowest BCUT2D eigenvalue weighted by Crippen LogP contribution is -2.54. The van der Waals surface area contributed by atoms with E-state index in [2.05, 4.69) is 6.92 Å². The molecule has 0 aromatic rings. The van der Waals surface area contributed by atoms with Crippen LogP contribution >= 0.6 is 0 Å². The molecule has 0 saturated heterocycles. The summed E-state index contributed by atoms with van der Waals surface area (Å²) in [5.74, 6) is 17.6. The van der Waals surface area contributed by atoms with Crippen LogP contribution in [0.4, 0.5) is 0 Å². The van der Waals surface area contributed by atoms with E-state index in [9.17, 15) is 0 Å². The molecule has 0 nitrogen and oxygen atoms in total. The minimum absolute atomic E-state index is 0.855. The molecule has 0 amide bonds. The van der Waals surface area contributed by atoms with Gasteiger partial charge in [0.05, 0.1) is 0 Å². The molecule has 176 valence electrons. The van der Waals surface area contributed by atoms with E-state index >= 15 is 0 Å². The molecule has 16 unspecified atom stereocenters. The van der Waals surface area contributed by atoms with E-state index in [-0.39, 0.29) is 0 Å². The van der Waals surface area contributed by atoms with Crippen LogP contribution in [0.1, 0.15) is 103 Å². The Labute approximate surface area is 197 Å². The van der Waals surface area contributed by atoms with Gasteiger partial charge in [-0.1, -0.05) is 39.0 Å². The standard InChI is InChI=1S/C32H48/c1-17-11-19-9-10-21-13-20-6-4-8-24-27-15-25-23-7-3-2-5-18(23)14-26(25)31(27)32(29(20)24)16-22(12-17)28(19)30(21)32/h17-31H,2-16H2,1H3. The van der Waals surface area contributed by atoms with Crippen LogP contribution < -0.4 is 0 Å². The molecule has 9 rings (SSSR count). The van der Waals surface area contributed by atoms with Gasteiger partial charge in [-0.25, -0.2) is 0 Å². The summed E-state index contributed by atoms with van der Waals surface area (Å²) in [4.78, 5) is 0. The van der Waals surface area contributed by atoms with Crippen LogP contribution in [0.2, 0.25) is 0 Å². The van der Waals surface area contributed by atoms with Gasteiger partial charge in [-0.3, -0.25) is 0 Å². The summed E-state index contributed by atoms with van der Waals surface area (Å²) < 4.78 is 0. The second-order valence-corrected chi connectivity index (χ2v) is 15.7. The number of fused-ring (bicyclic) bond motifs is 6. The summed E-state index contributed by atoms with van der Waals surface area (Å²) in [5.41, 5.74) is 0.855. The van der Waals surface area contributed by atoms with Crippen molar-refractivity contribution in [3.05, 3.63) is 0 Å². The summed E-state index contributed by atoms with van der Waals surface area (Å²) in [6.07, 6.45) is 24.7. The normalized spacial score (nSPS) is 68.0. The molecule has 0 heterocycles. The van der Waals surface area contributed by atoms with E-state index in [1.165, 1.54) is 53.3 Å². The van der Waals surface area contributed by atoms with Crippen molar-refractivity contribution in [1.29, 1.82) is 0 Å². The van der Waals surface area contributed by atoms with Gasteiger partial charge >= 0.3 is 0 Å². The maximum atomic E-state index is 2.64. The lowest BCUT2D eigenvalue weighted by Gasteiger charge is -2.60. The summed E-state index contributed by atoms with van der Waals surface area (Å²) in [6, 6.07) is 0. The SMILES string of the molecule is CC1CC2CCC3CC4CCCC5C6CC7C8CCCCC8CC7C6C6(CC(C1)C2C36)C45. The highest BCUT2D eigenvalue weighted by atomic mass is 14.8. The Morgan fingerprint density at radius 3 is 2.19 bits per heavy atom. The Kier molecular flexibility index (Phi) is 3.85. The van der Waals surface area contributed by atoms with E-state index in [0.29, 0.717) is 0 Å². The Morgan fingerprint density at radius 1 is 0.469 bits per heavy atom. The lowest BCUT2D eigenvalue weighted by atomic mass is 9.45. The summed E-state index contributed by atoms with van der Waals surface area (Å²) in [6.45, 7) is 2.64. The predicted molar refractivity (Wildman–Crippen MR) is 130 cm³/mol. The van der Waals surface area contributed by atoms with Gasteiger partial charge in [-0.2, -0.15) is 0 Å². The van der Waals surface area contributed by atoms with Crippen molar-refractivity contribution in [3.8, 4) is 0 Å². The van der Waals surface area contributed by atoms with Crippen molar-refractivity contribution in [2.75, 3.05) is 0 Å². The van der Waals surface area contributed by atoms with Crippen molar-refractivity contribution in [2.24, 2.45) is 94.2 Å². The third kappa shape index (κ3) is 2.12. The third-order valence-corrected chi connectivity index (χ3v) is 15.2. The van der Waals surface area contributed by atoms with Gasteiger partial charge in [0, 0.05) is 0 Å². The lowest BCUT2D eigenvalue weighted by molar-refractivity contribution is -0.117. The molecule has 9 fully saturated rings. The van der Waals surface area contributed by atoms with Gasteiger partial charge in [-0.15, -0.1) is 0 Å². The molecule has 0 aliphatic heterocycles. The van der Waals surface area contributed by atoms with Crippen LogP contribution in [0.3, 0.4) is 0 Å². The molecule has 0 aromatic heterocycles. The average molecular weight is 433 g/mol. The Balaban J connectivity index is 1.20. The summed E-state index contributed by atoms with van der Waals surface area (Å²) in [7, 11) is 0. The first kappa shape index (κ1) is 19.2. The van der Waals surface area contributed by atoms with Gasteiger partial charge in [-0.05, 0) is 158 Å². The zero-order valence-electron chi connectivity index (χ0n) is 20.8. The average Bonchev–Trinajstić information content (AvgIpc) is 3.50. The molecule has 9 aliphatic rings. The Bertz CT molecular complexity index is 798. The van der Waals surface area contributed by atoms with Crippen LogP contribution in [0, 0.1) is 94.2 Å². The molecule has 9 saturated carbocycles. The molecule has 0 heteroatoms. The zero-order chi connectivity index (χ0) is 20.8. The van der Waals surface area contributed by atoms with Gasteiger partial charge in [0.1, 0.15) is 0 Å². The third-order valence-electron chi connectivity index (χ3n) is 15.2. The minimum atomic E-state index is 0.855. The molecule has 16 atom stereocenters. The van der Waals surface area contributed by atoms with Gasteiger partial charge < -0.3 is 0 Å². The smallest absolute Gasteiger partial charge is 0.0193 e. The van der Waals surface area contributed by atoms with E-state index in [0.717, 1.165) is 40.9 Å². The summed E-state index contributed by atoms with van der Waals surface area (Å²) in [5, 5.41) is 0. The fourth-order valence-electron chi connectivity index (χ4n) is 15.5. The van der Waals surface area contributed by atoms with E-state index < -0.39 is 0 Å². The maximum absolute atomic E-state index is 2.64. The molecule has 0 N–H and O–H groups in total. The van der Waals surface area contributed by atoms with Crippen LogP contribution in [0.25, 0.3) is 0 Å². The zero-order valence-corrected chi connectivity index (χ0v) is 20.8. The number of hydrogen-bond donors (Lipinski definition) is 0. The molecule has 0 aromatic carbocycles. The van der Waals surface area contributed by atoms with Crippen molar-refractivity contribution in [2.45, 2.75) is 103 Å². The monoisotopic (exact) mass is 432 g/mol. The van der Waals surface area contributed by atoms with Crippen molar-refractivity contribution in [1.82, 2.24) is 0 Å². The van der Waals surface area contributed by atoms with Gasteiger partial charge in [0.25, 0.3) is 0 Å². The van der Waals surface area contributed by atoms with Crippen molar-refractivity contribution in [3.63, 3.8) is 0 Å². The van der Waals surface area contributed by atoms with Crippen molar-refractivity contribution >= 4 is 0 Å². The van der Waals surface area contributed by atoms with Gasteiger partial charge in [0.15, 0.2) is 0 Å². The van der Waals surface area contributed by atoms with Crippen LogP contribution in [-0.4, -0.2) is 0 Å². The molecule has 1 spiro atoms. The quantitative estimate of drug-likeness (QED) is 0.362. The summed E-state index contributed by atoms with van der Waals surface area (Å²) >= 11 is 0. The van der Waals surface area contributed by atoms with Crippen LogP contribution in [0.15, 0.2) is 0 Å². The Morgan fingerprint density at radius 2 is 1.22 bits per heavy atom. The predicted octanol–water partition coefficient (Wildman–Crippen LogP) is 8.21. The highest BCUT2D eigenvalue weighted by Crippen LogP contribution is 2.83. The van der Waals surface area contributed by atoms with Crippen LogP contribution in [-0.2, 0) is 0 Å². The molecule has 0 bridgehead atoms. The van der Waals surface area contributed by atoms with Gasteiger partial charge in [0.2, 0.25) is 0 Å². The second kappa shape index (κ2) is 6.40. The number of rotatable bonds is 0. The van der Waals surface area contributed by atoms with Crippen LogP contribution in [0.5, 0.6) is 0 Å². The first-order chi connectivity index (χ1) is 15.7.